The predicted octanol–water partition coefficient (Wildman–Crippen LogP) is 2.60. The first kappa shape index (κ1) is 16.9. The summed E-state index contributed by atoms with van der Waals surface area (Å²) in [5, 5.41) is 2.96. The minimum absolute atomic E-state index is 0.0344. The van der Waals surface area contributed by atoms with Gasteiger partial charge in [0.15, 0.2) is 0 Å². The number of amides is 1. The highest BCUT2D eigenvalue weighted by Crippen LogP contribution is 2.31. The van der Waals surface area contributed by atoms with Crippen molar-refractivity contribution < 1.29 is 4.79 Å². The van der Waals surface area contributed by atoms with Crippen LogP contribution in [0.1, 0.15) is 36.8 Å². The van der Waals surface area contributed by atoms with E-state index in [1.165, 1.54) is 5.56 Å². The number of pyridine rings is 1. The lowest BCUT2D eigenvalue weighted by atomic mass is 9.87. The number of benzene rings is 1. The number of rotatable bonds is 4. The molecule has 3 heterocycles. The Labute approximate surface area is 154 Å². The van der Waals surface area contributed by atoms with Crippen molar-refractivity contribution in [1.82, 2.24) is 15.2 Å². The summed E-state index contributed by atoms with van der Waals surface area (Å²) in [4.78, 5) is 24.0. The summed E-state index contributed by atoms with van der Waals surface area (Å²) in [6.07, 6.45) is 5.01. The Morgan fingerprint density at radius 1 is 1.15 bits per heavy atom. The highest BCUT2D eigenvalue weighted by atomic mass is 16.2. The average molecular weight is 348 g/mol. The van der Waals surface area contributed by atoms with Gasteiger partial charge in [-0.3, -0.25) is 14.8 Å². The van der Waals surface area contributed by atoms with Crippen molar-refractivity contribution in [1.29, 1.82) is 0 Å². The fourth-order valence-electron chi connectivity index (χ4n) is 3.87. The molecule has 0 aliphatic carbocycles. The van der Waals surface area contributed by atoms with Crippen LogP contribution >= 0.6 is 0 Å². The number of likely N-dealkylation sites (tertiary alicyclic amines) is 1. The van der Waals surface area contributed by atoms with Gasteiger partial charge in [0, 0.05) is 37.6 Å². The van der Waals surface area contributed by atoms with Crippen molar-refractivity contribution in [2.24, 2.45) is 4.99 Å². The summed E-state index contributed by atoms with van der Waals surface area (Å²) in [7, 11) is 0. The minimum Gasteiger partial charge on any atom is -0.308 e. The first-order valence-corrected chi connectivity index (χ1v) is 9.25. The lowest BCUT2D eigenvalue weighted by molar-refractivity contribution is -0.125. The van der Waals surface area contributed by atoms with Crippen molar-refractivity contribution in [2.75, 3.05) is 19.6 Å². The van der Waals surface area contributed by atoms with E-state index in [4.69, 9.17) is 4.99 Å². The molecule has 134 valence electrons. The van der Waals surface area contributed by atoms with Crippen LogP contribution in [0.3, 0.4) is 0 Å². The number of carbonyl (C=O) groups excluding carboxylic acids is 1. The molecule has 1 spiro atoms. The molecule has 2 aliphatic heterocycles. The summed E-state index contributed by atoms with van der Waals surface area (Å²) >= 11 is 0. The molecule has 5 heteroatoms. The van der Waals surface area contributed by atoms with E-state index >= 15 is 0 Å². The van der Waals surface area contributed by atoms with Crippen LogP contribution in [0, 0.1) is 0 Å². The van der Waals surface area contributed by atoms with Gasteiger partial charge >= 0.3 is 0 Å². The molecule has 1 atom stereocenters. The van der Waals surface area contributed by atoms with E-state index in [1.807, 2.05) is 12.1 Å². The van der Waals surface area contributed by atoms with E-state index in [2.05, 4.69) is 52.5 Å². The molecule has 5 nitrogen and oxygen atoms in total. The molecule has 1 amide bonds. The first-order chi connectivity index (χ1) is 12.7. The summed E-state index contributed by atoms with van der Waals surface area (Å²) in [5.74, 6) is 1.18. The molecular formula is C21H24N4O. The lowest BCUT2D eigenvalue weighted by Gasteiger charge is -2.36. The van der Waals surface area contributed by atoms with Crippen molar-refractivity contribution >= 4 is 11.7 Å². The number of nitrogens with one attached hydrogen (secondary N) is 1. The Kier molecular flexibility index (Phi) is 4.55. The Balaban J connectivity index is 1.41. The van der Waals surface area contributed by atoms with Crippen molar-refractivity contribution in [3.8, 4) is 0 Å². The molecule has 0 radical (unpaired) electrons. The molecule has 1 saturated heterocycles. The van der Waals surface area contributed by atoms with E-state index in [0.717, 1.165) is 38.0 Å². The normalized spacial score (nSPS) is 20.7. The number of aliphatic imine (C=N–C) groups is 1. The number of piperidine rings is 1. The molecule has 2 aliphatic rings. The first-order valence-electron chi connectivity index (χ1n) is 9.25. The summed E-state index contributed by atoms with van der Waals surface area (Å²) in [6.45, 7) is 5.07. The van der Waals surface area contributed by atoms with Crippen LogP contribution in [0.2, 0.25) is 0 Å². The Hall–Kier alpha value is -2.53. The number of nitrogens with zero attached hydrogens (tertiary/aromatic N) is 3. The van der Waals surface area contributed by atoms with Crippen LogP contribution < -0.4 is 5.32 Å². The predicted molar refractivity (Wildman–Crippen MR) is 102 cm³/mol. The molecule has 1 aromatic carbocycles. The van der Waals surface area contributed by atoms with Crippen molar-refractivity contribution in [2.45, 2.75) is 31.2 Å². The largest absolute Gasteiger partial charge is 0.308 e. The fourth-order valence-corrected chi connectivity index (χ4v) is 3.87. The molecule has 0 bridgehead atoms. The maximum atomic E-state index is 12.6. The molecule has 4 rings (SSSR count). The van der Waals surface area contributed by atoms with Gasteiger partial charge < -0.3 is 10.2 Å². The fraction of sp³-hybridized carbons (Fsp3) is 0.381. The molecule has 26 heavy (non-hydrogen) atoms. The zero-order chi connectivity index (χ0) is 18.0. The van der Waals surface area contributed by atoms with Crippen molar-refractivity contribution in [3.05, 3.63) is 66.0 Å². The summed E-state index contributed by atoms with van der Waals surface area (Å²) < 4.78 is 0. The van der Waals surface area contributed by atoms with Gasteiger partial charge in [-0.1, -0.05) is 37.3 Å². The number of hydrogen-bond acceptors (Lipinski definition) is 4. The molecule has 0 saturated carbocycles. The average Bonchev–Trinajstić information content (AvgIpc) is 3.01. The summed E-state index contributed by atoms with van der Waals surface area (Å²) in [6, 6.07) is 14.4. The zero-order valence-electron chi connectivity index (χ0n) is 15.1. The Bertz CT molecular complexity index is 795. The van der Waals surface area contributed by atoms with Crippen LogP contribution in [0.15, 0.2) is 59.9 Å². The number of hydrogen-bond donors (Lipinski definition) is 1. The lowest BCUT2D eigenvalue weighted by Crippen LogP contribution is -2.49. The van der Waals surface area contributed by atoms with Gasteiger partial charge in [0.2, 0.25) is 0 Å². The van der Waals surface area contributed by atoms with Gasteiger partial charge in [-0.25, -0.2) is 0 Å². The van der Waals surface area contributed by atoms with Crippen molar-refractivity contribution in [3.63, 3.8) is 0 Å². The maximum absolute atomic E-state index is 12.6. The van der Waals surface area contributed by atoms with Gasteiger partial charge in [-0.05, 0) is 36.5 Å². The maximum Gasteiger partial charge on any atom is 0.253 e. The van der Waals surface area contributed by atoms with E-state index in [-0.39, 0.29) is 5.91 Å². The van der Waals surface area contributed by atoms with Gasteiger partial charge in [0.25, 0.3) is 5.91 Å². The molecular weight excluding hydrogens is 324 g/mol. The highest BCUT2D eigenvalue weighted by Gasteiger charge is 2.45. The number of aromatic nitrogens is 1. The third-order valence-corrected chi connectivity index (χ3v) is 5.50. The van der Waals surface area contributed by atoms with Gasteiger partial charge in [0.1, 0.15) is 11.4 Å². The molecule has 2 aromatic rings. The SMILES string of the molecule is CC(CN1CCC2(CC1)N=C(c1cccnc1)NC2=O)c1ccccc1. The Morgan fingerprint density at radius 2 is 1.92 bits per heavy atom. The monoisotopic (exact) mass is 348 g/mol. The molecule has 1 fully saturated rings. The third-order valence-electron chi connectivity index (χ3n) is 5.50. The van der Waals surface area contributed by atoms with Crippen LogP contribution in [0.25, 0.3) is 0 Å². The number of carbonyl (C=O) groups is 1. The van der Waals surface area contributed by atoms with Gasteiger partial charge in [-0.2, -0.15) is 0 Å². The smallest absolute Gasteiger partial charge is 0.253 e. The third kappa shape index (κ3) is 3.27. The highest BCUT2D eigenvalue weighted by molar-refractivity contribution is 6.15. The minimum atomic E-state index is -0.600. The van der Waals surface area contributed by atoms with Gasteiger partial charge in [0.05, 0.1) is 0 Å². The van der Waals surface area contributed by atoms with E-state index in [0.29, 0.717) is 11.8 Å². The summed E-state index contributed by atoms with van der Waals surface area (Å²) in [5.41, 5.74) is 1.64. The van der Waals surface area contributed by atoms with Crippen LogP contribution in [0.5, 0.6) is 0 Å². The van der Waals surface area contributed by atoms with Crippen LogP contribution in [-0.4, -0.2) is 46.8 Å². The zero-order valence-corrected chi connectivity index (χ0v) is 15.1. The topological polar surface area (TPSA) is 57.6 Å². The molecule has 1 unspecified atom stereocenters. The second kappa shape index (κ2) is 7.00. The van der Waals surface area contributed by atoms with Gasteiger partial charge in [-0.15, -0.1) is 0 Å². The second-order valence-electron chi connectivity index (χ2n) is 7.30. The van der Waals surface area contributed by atoms with E-state index in [1.54, 1.807) is 12.4 Å². The van der Waals surface area contributed by atoms with Crippen LogP contribution in [0.4, 0.5) is 0 Å². The molecule has 1 aromatic heterocycles. The quantitative estimate of drug-likeness (QED) is 0.924. The molecule has 1 N–H and O–H groups in total. The van der Waals surface area contributed by atoms with E-state index in [9.17, 15) is 4.79 Å². The standard InChI is InChI=1S/C21H24N4O/c1-16(17-6-3-2-4-7-17)15-25-12-9-21(10-13-25)20(26)23-19(24-21)18-8-5-11-22-14-18/h2-8,11,14,16H,9-10,12-13,15H2,1H3,(H,23,24,26). The second-order valence-corrected chi connectivity index (χ2v) is 7.30. The van der Waals surface area contributed by atoms with E-state index < -0.39 is 5.54 Å². The number of amidine groups is 1. The van der Waals surface area contributed by atoms with Crippen LogP contribution in [-0.2, 0) is 4.79 Å². The Morgan fingerprint density at radius 3 is 2.62 bits per heavy atom.